The molecule has 0 aromatic heterocycles. The summed E-state index contributed by atoms with van der Waals surface area (Å²) in [6.07, 6.45) is 5.79. The van der Waals surface area contributed by atoms with Crippen molar-refractivity contribution in [1.82, 2.24) is 4.90 Å². The minimum atomic E-state index is 0.301. The quantitative estimate of drug-likeness (QED) is 0.740. The Bertz CT molecular complexity index is 334. The molecule has 3 aliphatic rings. The highest BCUT2D eigenvalue weighted by Gasteiger charge is 2.39. The molecule has 3 fully saturated rings. The van der Waals surface area contributed by atoms with Crippen molar-refractivity contribution in [3.8, 4) is 0 Å². The zero-order valence-electron chi connectivity index (χ0n) is 11.8. The van der Waals surface area contributed by atoms with Crippen molar-refractivity contribution >= 4 is 17.7 Å². The topological polar surface area (TPSA) is 29.5 Å². The van der Waals surface area contributed by atoms with E-state index in [0.29, 0.717) is 23.1 Å². The van der Waals surface area contributed by atoms with Crippen molar-refractivity contribution in [2.24, 2.45) is 11.8 Å². The Morgan fingerprint density at radius 2 is 2.21 bits per heavy atom. The summed E-state index contributed by atoms with van der Waals surface area (Å²) in [4.78, 5) is 15.0. The Morgan fingerprint density at radius 1 is 1.32 bits per heavy atom. The summed E-state index contributed by atoms with van der Waals surface area (Å²) in [5.74, 6) is 2.56. The largest absolute Gasteiger partial charge is 0.380 e. The van der Waals surface area contributed by atoms with Crippen LogP contribution in [0, 0.1) is 11.8 Å². The lowest BCUT2D eigenvalue weighted by Gasteiger charge is -2.45. The SMILES string of the molecule is CC1CCCC(C(=O)N2CCSC3COCCC32)C1. The van der Waals surface area contributed by atoms with Crippen LogP contribution in [0.25, 0.3) is 0 Å². The number of carbonyl (C=O) groups excluding carboxylic acids is 1. The summed E-state index contributed by atoms with van der Waals surface area (Å²) in [7, 11) is 0. The predicted molar refractivity (Wildman–Crippen MR) is 78.3 cm³/mol. The molecular formula is C15H25NO2S. The first kappa shape index (κ1) is 13.7. The van der Waals surface area contributed by atoms with Crippen molar-refractivity contribution in [3.63, 3.8) is 0 Å². The van der Waals surface area contributed by atoms with Gasteiger partial charge in [-0.1, -0.05) is 19.8 Å². The van der Waals surface area contributed by atoms with E-state index in [1.807, 2.05) is 11.8 Å². The van der Waals surface area contributed by atoms with Gasteiger partial charge in [0.05, 0.1) is 6.61 Å². The fraction of sp³-hybridized carbons (Fsp3) is 0.933. The molecule has 19 heavy (non-hydrogen) atoms. The number of hydrogen-bond acceptors (Lipinski definition) is 3. The van der Waals surface area contributed by atoms with Crippen LogP contribution in [0.2, 0.25) is 0 Å². The fourth-order valence-electron chi connectivity index (χ4n) is 3.85. The molecule has 2 heterocycles. The third-order valence-electron chi connectivity index (χ3n) is 4.90. The molecule has 0 aromatic rings. The molecule has 0 spiro atoms. The maximum atomic E-state index is 12.8. The van der Waals surface area contributed by atoms with Crippen molar-refractivity contribution in [2.75, 3.05) is 25.5 Å². The molecule has 1 aliphatic carbocycles. The fourth-order valence-corrected chi connectivity index (χ4v) is 5.15. The molecule has 2 aliphatic heterocycles. The number of fused-ring (bicyclic) bond motifs is 1. The zero-order valence-corrected chi connectivity index (χ0v) is 12.7. The molecule has 0 aromatic carbocycles. The Balaban J connectivity index is 1.67. The number of amides is 1. The molecule has 3 rings (SSSR count). The van der Waals surface area contributed by atoms with E-state index < -0.39 is 0 Å². The summed E-state index contributed by atoms with van der Waals surface area (Å²) < 4.78 is 5.57. The van der Waals surface area contributed by atoms with Gasteiger partial charge in [0.2, 0.25) is 5.91 Å². The van der Waals surface area contributed by atoms with E-state index in [2.05, 4.69) is 11.8 Å². The molecule has 0 N–H and O–H groups in total. The van der Waals surface area contributed by atoms with Gasteiger partial charge in [0, 0.05) is 36.1 Å². The maximum absolute atomic E-state index is 12.8. The Kier molecular flexibility index (Phi) is 4.37. The monoisotopic (exact) mass is 283 g/mol. The van der Waals surface area contributed by atoms with E-state index in [1.165, 1.54) is 12.8 Å². The molecule has 4 atom stereocenters. The van der Waals surface area contributed by atoms with Crippen LogP contribution in [0.3, 0.4) is 0 Å². The summed E-state index contributed by atoms with van der Waals surface area (Å²) in [5.41, 5.74) is 0. The number of hydrogen-bond donors (Lipinski definition) is 0. The highest BCUT2D eigenvalue weighted by Crippen LogP contribution is 2.35. The van der Waals surface area contributed by atoms with Crippen LogP contribution < -0.4 is 0 Å². The second kappa shape index (κ2) is 6.04. The minimum Gasteiger partial charge on any atom is -0.380 e. The van der Waals surface area contributed by atoms with Gasteiger partial charge in [-0.05, 0) is 25.2 Å². The first-order valence-corrected chi connectivity index (χ1v) is 8.80. The summed E-state index contributed by atoms with van der Waals surface area (Å²) in [6, 6.07) is 0.442. The average Bonchev–Trinajstić information content (AvgIpc) is 2.46. The van der Waals surface area contributed by atoms with Crippen LogP contribution in [0.15, 0.2) is 0 Å². The molecule has 4 unspecified atom stereocenters. The lowest BCUT2D eigenvalue weighted by atomic mass is 9.81. The molecule has 1 amide bonds. The predicted octanol–water partition coefficient (Wildman–Crippen LogP) is 2.55. The van der Waals surface area contributed by atoms with Gasteiger partial charge in [-0.25, -0.2) is 0 Å². The number of nitrogens with zero attached hydrogens (tertiary/aromatic N) is 1. The number of rotatable bonds is 1. The molecule has 3 nitrogen and oxygen atoms in total. The molecule has 2 saturated heterocycles. The normalized spacial score (nSPS) is 39.7. The van der Waals surface area contributed by atoms with Crippen LogP contribution >= 0.6 is 11.8 Å². The maximum Gasteiger partial charge on any atom is 0.226 e. The van der Waals surface area contributed by atoms with Crippen LogP contribution in [0.1, 0.15) is 39.0 Å². The second-order valence-corrected chi connectivity index (χ2v) is 7.69. The van der Waals surface area contributed by atoms with Crippen molar-refractivity contribution in [1.29, 1.82) is 0 Å². The van der Waals surface area contributed by atoms with Crippen molar-refractivity contribution in [2.45, 2.75) is 50.3 Å². The summed E-state index contributed by atoms with van der Waals surface area (Å²) >= 11 is 2.00. The van der Waals surface area contributed by atoms with Gasteiger partial charge in [0.25, 0.3) is 0 Å². The van der Waals surface area contributed by atoms with Crippen LogP contribution in [0.5, 0.6) is 0 Å². The molecule has 4 heteroatoms. The van der Waals surface area contributed by atoms with Crippen LogP contribution in [-0.4, -0.2) is 47.6 Å². The number of thioether (sulfide) groups is 1. The van der Waals surface area contributed by atoms with Gasteiger partial charge < -0.3 is 9.64 Å². The third kappa shape index (κ3) is 2.94. The molecule has 0 radical (unpaired) electrons. The van der Waals surface area contributed by atoms with E-state index in [1.54, 1.807) is 0 Å². The van der Waals surface area contributed by atoms with Gasteiger partial charge in [-0.15, -0.1) is 0 Å². The average molecular weight is 283 g/mol. The van der Waals surface area contributed by atoms with E-state index in [4.69, 9.17) is 4.74 Å². The molecule has 1 saturated carbocycles. The van der Waals surface area contributed by atoms with E-state index in [9.17, 15) is 4.79 Å². The van der Waals surface area contributed by atoms with E-state index in [0.717, 1.165) is 50.7 Å². The minimum absolute atomic E-state index is 0.301. The van der Waals surface area contributed by atoms with Crippen LogP contribution in [0.4, 0.5) is 0 Å². The summed E-state index contributed by atoms with van der Waals surface area (Å²) in [5, 5.41) is 0.521. The number of ether oxygens (including phenoxy) is 1. The Morgan fingerprint density at radius 3 is 3.05 bits per heavy atom. The lowest BCUT2D eigenvalue weighted by molar-refractivity contribution is -0.141. The Hall–Kier alpha value is -0.220. The van der Waals surface area contributed by atoms with Crippen molar-refractivity contribution < 1.29 is 9.53 Å². The molecular weight excluding hydrogens is 258 g/mol. The standard InChI is InChI=1S/C15H25NO2S/c1-11-3-2-4-12(9-11)15(17)16-6-8-19-14-10-18-7-5-13(14)16/h11-14H,2-10H2,1H3. The van der Waals surface area contributed by atoms with Crippen molar-refractivity contribution in [3.05, 3.63) is 0 Å². The molecule has 108 valence electrons. The van der Waals surface area contributed by atoms with Gasteiger partial charge in [-0.3, -0.25) is 4.79 Å². The van der Waals surface area contributed by atoms with E-state index >= 15 is 0 Å². The first-order chi connectivity index (χ1) is 9.25. The first-order valence-electron chi connectivity index (χ1n) is 7.75. The lowest BCUT2D eigenvalue weighted by Crippen LogP contribution is -2.55. The highest BCUT2D eigenvalue weighted by atomic mass is 32.2. The second-order valence-electron chi connectivity index (χ2n) is 6.34. The van der Waals surface area contributed by atoms with Crippen LogP contribution in [-0.2, 0) is 9.53 Å². The van der Waals surface area contributed by atoms with Gasteiger partial charge in [0.15, 0.2) is 0 Å². The Labute approximate surface area is 120 Å². The van der Waals surface area contributed by atoms with Gasteiger partial charge in [-0.2, -0.15) is 11.8 Å². The smallest absolute Gasteiger partial charge is 0.226 e. The highest BCUT2D eigenvalue weighted by molar-refractivity contribution is 8.00. The third-order valence-corrected chi connectivity index (χ3v) is 6.20. The number of carbonyl (C=O) groups is 1. The molecule has 0 bridgehead atoms. The van der Waals surface area contributed by atoms with Gasteiger partial charge in [0.1, 0.15) is 0 Å². The zero-order chi connectivity index (χ0) is 13.2. The van der Waals surface area contributed by atoms with Gasteiger partial charge >= 0.3 is 0 Å². The van der Waals surface area contributed by atoms with E-state index in [-0.39, 0.29) is 0 Å². The summed E-state index contributed by atoms with van der Waals surface area (Å²) in [6.45, 7) is 4.91.